The number of ether oxygens (including phenoxy) is 2. The van der Waals surface area contributed by atoms with E-state index in [1.165, 1.54) is 5.56 Å². The molecule has 0 fully saturated rings. The molecule has 148 valence electrons. The van der Waals surface area contributed by atoms with E-state index < -0.39 is 0 Å². The lowest BCUT2D eigenvalue weighted by Crippen LogP contribution is -2.04. The van der Waals surface area contributed by atoms with E-state index in [9.17, 15) is 0 Å². The van der Waals surface area contributed by atoms with Crippen molar-refractivity contribution in [2.45, 2.75) is 39.5 Å². The number of nitrogens with zero attached hydrogens (tertiary/aromatic N) is 3. The number of hydrogen-bond donors (Lipinski definition) is 2. The Kier molecular flexibility index (Phi) is 6.60. The van der Waals surface area contributed by atoms with Gasteiger partial charge in [0, 0.05) is 24.7 Å². The number of rotatable bonds is 9. The summed E-state index contributed by atoms with van der Waals surface area (Å²) in [5.41, 5.74) is 3.10. The van der Waals surface area contributed by atoms with Crippen molar-refractivity contribution in [3.05, 3.63) is 47.5 Å². The summed E-state index contributed by atoms with van der Waals surface area (Å²) in [6.07, 6.45) is 1.46. The van der Waals surface area contributed by atoms with Gasteiger partial charge in [0.25, 0.3) is 0 Å². The Hall–Kier alpha value is -2.93. The lowest BCUT2D eigenvalue weighted by molar-refractivity contribution is 0.233. The van der Waals surface area contributed by atoms with E-state index in [0.29, 0.717) is 24.6 Å². The van der Waals surface area contributed by atoms with Gasteiger partial charge in [-0.05, 0) is 41.3 Å². The molecule has 1 heterocycles. The second kappa shape index (κ2) is 9.32. The molecule has 0 saturated heterocycles. The largest absolute Gasteiger partial charge is 0.493 e. The fraction of sp³-hybridized carbons (Fsp3) is 0.381. The first-order chi connectivity index (χ1) is 13.6. The van der Waals surface area contributed by atoms with E-state index in [1.807, 2.05) is 30.3 Å². The van der Waals surface area contributed by atoms with Crippen molar-refractivity contribution < 1.29 is 14.6 Å². The number of aliphatic hydroxyl groups excluding tert-OH is 1. The van der Waals surface area contributed by atoms with Gasteiger partial charge in [0.15, 0.2) is 0 Å². The molecule has 2 aromatic carbocycles. The molecule has 0 aliphatic heterocycles. The van der Waals surface area contributed by atoms with Crippen LogP contribution in [0.5, 0.6) is 17.2 Å². The van der Waals surface area contributed by atoms with Crippen molar-refractivity contribution in [2.75, 3.05) is 13.2 Å². The molecule has 3 aromatic rings. The number of aliphatic hydroxyl groups is 1. The topological polar surface area (TPSA) is 93.1 Å². The summed E-state index contributed by atoms with van der Waals surface area (Å²) in [6.45, 7) is 6.99. The fourth-order valence-corrected chi connectivity index (χ4v) is 3.16. The molecule has 0 aliphatic rings. The number of benzene rings is 2. The summed E-state index contributed by atoms with van der Waals surface area (Å²) < 4.78 is 12.2. The first kappa shape index (κ1) is 19.8. The molecule has 0 spiro atoms. The monoisotopic (exact) mass is 382 g/mol. The van der Waals surface area contributed by atoms with E-state index >= 15 is 0 Å². The van der Waals surface area contributed by atoms with E-state index in [0.717, 1.165) is 29.0 Å². The summed E-state index contributed by atoms with van der Waals surface area (Å²) in [7, 11) is 0. The van der Waals surface area contributed by atoms with Crippen LogP contribution in [0.25, 0.3) is 11.4 Å². The standard InChI is InChI=1S/C21H26N4O3/c1-4-15-12-16(27-11-7-10-26)13-19(20(15)14(2)3)28-18-9-6-5-8-17(18)21-22-24-25-23-21/h5-6,8-9,12-14,26H,4,7,10-11H2,1-3H3,(H,22,23,24,25). The second-order valence-corrected chi connectivity index (χ2v) is 6.76. The van der Waals surface area contributed by atoms with Crippen LogP contribution in [0, 0.1) is 0 Å². The maximum atomic E-state index is 9.01. The van der Waals surface area contributed by atoms with Gasteiger partial charge < -0.3 is 14.6 Å². The minimum absolute atomic E-state index is 0.103. The molecule has 0 saturated carbocycles. The lowest BCUT2D eigenvalue weighted by Gasteiger charge is -2.20. The molecular weight excluding hydrogens is 356 g/mol. The quantitative estimate of drug-likeness (QED) is 0.541. The number of aromatic nitrogens is 4. The zero-order chi connectivity index (χ0) is 19.9. The Balaban J connectivity index is 2.02. The maximum absolute atomic E-state index is 9.01. The zero-order valence-electron chi connectivity index (χ0n) is 16.5. The highest BCUT2D eigenvalue weighted by atomic mass is 16.5. The zero-order valence-corrected chi connectivity index (χ0v) is 16.5. The Morgan fingerprint density at radius 1 is 1.14 bits per heavy atom. The highest BCUT2D eigenvalue weighted by Gasteiger charge is 2.18. The molecule has 2 N–H and O–H groups in total. The van der Waals surface area contributed by atoms with E-state index in [-0.39, 0.29) is 12.5 Å². The number of aryl methyl sites for hydroxylation is 1. The van der Waals surface area contributed by atoms with Gasteiger partial charge in [-0.2, -0.15) is 5.21 Å². The normalized spacial score (nSPS) is 11.0. The van der Waals surface area contributed by atoms with Crippen molar-refractivity contribution in [3.8, 4) is 28.6 Å². The molecule has 0 amide bonds. The van der Waals surface area contributed by atoms with Gasteiger partial charge in [0.05, 0.1) is 12.2 Å². The van der Waals surface area contributed by atoms with Crippen molar-refractivity contribution >= 4 is 0 Å². The number of H-pyrrole nitrogens is 1. The van der Waals surface area contributed by atoms with E-state index in [1.54, 1.807) is 0 Å². The number of tetrazole rings is 1. The van der Waals surface area contributed by atoms with Crippen molar-refractivity contribution in [1.82, 2.24) is 20.6 Å². The van der Waals surface area contributed by atoms with Crippen LogP contribution in [0.1, 0.15) is 44.2 Å². The molecule has 0 radical (unpaired) electrons. The molecule has 0 bridgehead atoms. The minimum atomic E-state index is 0.103. The molecule has 7 heteroatoms. The molecule has 1 aromatic heterocycles. The number of hydrogen-bond acceptors (Lipinski definition) is 6. The SMILES string of the molecule is CCc1cc(OCCCO)cc(Oc2ccccc2-c2nn[nH]n2)c1C(C)C. The summed E-state index contributed by atoms with van der Waals surface area (Å²) in [6, 6.07) is 11.6. The van der Waals surface area contributed by atoms with Crippen LogP contribution in [-0.4, -0.2) is 38.9 Å². The summed E-state index contributed by atoms with van der Waals surface area (Å²) in [5.74, 6) is 2.91. The Morgan fingerprint density at radius 2 is 1.96 bits per heavy atom. The average molecular weight is 382 g/mol. The smallest absolute Gasteiger partial charge is 0.208 e. The third-order valence-electron chi connectivity index (χ3n) is 4.42. The van der Waals surface area contributed by atoms with Crippen LogP contribution in [0.3, 0.4) is 0 Å². The second-order valence-electron chi connectivity index (χ2n) is 6.76. The number of para-hydroxylation sites is 1. The average Bonchev–Trinajstić information content (AvgIpc) is 3.22. The van der Waals surface area contributed by atoms with Gasteiger partial charge in [-0.25, -0.2) is 0 Å². The minimum Gasteiger partial charge on any atom is -0.493 e. The predicted molar refractivity (Wildman–Crippen MR) is 107 cm³/mol. The summed E-state index contributed by atoms with van der Waals surface area (Å²) in [4.78, 5) is 0. The molecule has 3 rings (SSSR count). The third-order valence-corrected chi connectivity index (χ3v) is 4.42. The fourth-order valence-electron chi connectivity index (χ4n) is 3.16. The van der Waals surface area contributed by atoms with E-state index in [2.05, 4.69) is 47.5 Å². The van der Waals surface area contributed by atoms with Crippen molar-refractivity contribution in [1.29, 1.82) is 0 Å². The van der Waals surface area contributed by atoms with Crippen molar-refractivity contribution in [2.24, 2.45) is 0 Å². The Labute approximate surface area is 164 Å². The highest BCUT2D eigenvalue weighted by Crippen LogP contribution is 2.39. The number of nitrogens with one attached hydrogen (secondary N) is 1. The molecule has 0 unspecified atom stereocenters. The molecule has 28 heavy (non-hydrogen) atoms. The maximum Gasteiger partial charge on any atom is 0.208 e. The van der Waals surface area contributed by atoms with Gasteiger partial charge in [-0.15, -0.1) is 10.2 Å². The molecular formula is C21H26N4O3. The van der Waals surface area contributed by atoms with Gasteiger partial charge >= 0.3 is 0 Å². The first-order valence-electron chi connectivity index (χ1n) is 9.55. The predicted octanol–water partition coefficient (Wildman–Crippen LogP) is 4.11. The Bertz CT molecular complexity index is 895. The Morgan fingerprint density at radius 3 is 2.64 bits per heavy atom. The van der Waals surface area contributed by atoms with Gasteiger partial charge in [0.1, 0.15) is 17.2 Å². The summed E-state index contributed by atoms with van der Waals surface area (Å²) >= 11 is 0. The van der Waals surface area contributed by atoms with Crippen LogP contribution in [0.2, 0.25) is 0 Å². The van der Waals surface area contributed by atoms with Gasteiger partial charge in [-0.1, -0.05) is 32.9 Å². The summed E-state index contributed by atoms with van der Waals surface area (Å²) in [5, 5.41) is 23.3. The van der Waals surface area contributed by atoms with Crippen LogP contribution in [0.15, 0.2) is 36.4 Å². The lowest BCUT2D eigenvalue weighted by atomic mass is 9.94. The van der Waals surface area contributed by atoms with E-state index in [4.69, 9.17) is 14.6 Å². The van der Waals surface area contributed by atoms with Gasteiger partial charge in [0.2, 0.25) is 5.82 Å². The van der Waals surface area contributed by atoms with Crippen LogP contribution in [0.4, 0.5) is 0 Å². The highest BCUT2D eigenvalue weighted by molar-refractivity contribution is 5.64. The third kappa shape index (κ3) is 4.48. The van der Waals surface area contributed by atoms with Crippen molar-refractivity contribution in [3.63, 3.8) is 0 Å². The number of aromatic amines is 1. The van der Waals surface area contributed by atoms with Crippen LogP contribution in [-0.2, 0) is 6.42 Å². The molecule has 7 nitrogen and oxygen atoms in total. The van der Waals surface area contributed by atoms with Crippen LogP contribution >= 0.6 is 0 Å². The molecule has 0 atom stereocenters. The first-order valence-corrected chi connectivity index (χ1v) is 9.55. The van der Waals surface area contributed by atoms with Gasteiger partial charge in [-0.3, -0.25) is 0 Å². The molecule has 0 aliphatic carbocycles. The van der Waals surface area contributed by atoms with Crippen LogP contribution < -0.4 is 9.47 Å².